The van der Waals surface area contributed by atoms with Gasteiger partial charge in [-0.15, -0.1) is 22.0 Å². The Morgan fingerprint density at radius 2 is 2.09 bits per heavy atom. The van der Waals surface area contributed by atoms with Gasteiger partial charge in [-0.2, -0.15) is 13.2 Å². The Morgan fingerprint density at radius 3 is 2.65 bits per heavy atom. The van der Waals surface area contributed by atoms with Gasteiger partial charge in [0.2, 0.25) is 5.82 Å². The average Bonchev–Trinajstić information content (AvgIpc) is 2.88. The maximum atomic E-state index is 13.1. The number of ketones is 1. The summed E-state index contributed by atoms with van der Waals surface area (Å²) in [6, 6.07) is 0. The molecule has 23 heavy (non-hydrogen) atoms. The molecule has 0 saturated carbocycles. The second kappa shape index (κ2) is 6.69. The van der Waals surface area contributed by atoms with Gasteiger partial charge in [0, 0.05) is 5.75 Å². The quantitative estimate of drug-likeness (QED) is 0.614. The van der Waals surface area contributed by atoms with Crippen LogP contribution in [0.25, 0.3) is 11.7 Å². The van der Waals surface area contributed by atoms with E-state index >= 15 is 0 Å². The van der Waals surface area contributed by atoms with Gasteiger partial charge in [0.1, 0.15) is 5.03 Å². The van der Waals surface area contributed by atoms with Crippen molar-refractivity contribution in [2.75, 3.05) is 5.75 Å². The van der Waals surface area contributed by atoms with Gasteiger partial charge in [0.05, 0.1) is 11.9 Å². The summed E-state index contributed by atoms with van der Waals surface area (Å²) in [7, 11) is 0. The van der Waals surface area contributed by atoms with Crippen LogP contribution >= 0.6 is 11.8 Å². The molecule has 0 radical (unpaired) electrons. The number of fused-ring (bicyclic) bond motifs is 1. The van der Waals surface area contributed by atoms with Crippen molar-refractivity contribution in [2.45, 2.75) is 32.0 Å². The SMILES string of the molecule is CC(=O)/C=C/c1cnc(SCC(C)C)c2nnc(C(F)(F)F)n12. The summed E-state index contributed by atoms with van der Waals surface area (Å²) in [5.74, 6) is -0.369. The standard InChI is InChI=1S/C14H15F3N4OS/c1-8(2)7-23-12-11-19-20-13(14(15,16)17)21(11)10(6-18-12)5-4-9(3)22/h4-6,8H,7H2,1-3H3/b5-4+. The molecule has 5 nitrogen and oxygen atoms in total. The van der Waals surface area contributed by atoms with E-state index in [0.717, 1.165) is 4.40 Å². The number of alkyl halides is 3. The number of hydrogen-bond donors (Lipinski definition) is 0. The number of thioether (sulfide) groups is 1. The van der Waals surface area contributed by atoms with Gasteiger partial charge < -0.3 is 0 Å². The first-order chi connectivity index (χ1) is 10.7. The minimum Gasteiger partial charge on any atom is -0.295 e. The van der Waals surface area contributed by atoms with Crippen LogP contribution in [0.2, 0.25) is 0 Å². The third kappa shape index (κ3) is 4.10. The Bertz CT molecular complexity index is 752. The molecule has 0 fully saturated rings. The van der Waals surface area contributed by atoms with E-state index in [4.69, 9.17) is 0 Å². The largest absolute Gasteiger partial charge is 0.452 e. The van der Waals surface area contributed by atoms with E-state index in [-0.39, 0.29) is 17.1 Å². The third-order valence-electron chi connectivity index (χ3n) is 2.72. The zero-order valence-corrected chi connectivity index (χ0v) is 13.6. The smallest absolute Gasteiger partial charge is 0.295 e. The van der Waals surface area contributed by atoms with Crippen LogP contribution in [0.15, 0.2) is 17.3 Å². The van der Waals surface area contributed by atoms with Crippen LogP contribution < -0.4 is 0 Å². The molecule has 9 heteroatoms. The van der Waals surface area contributed by atoms with Crippen LogP contribution in [0.4, 0.5) is 13.2 Å². The van der Waals surface area contributed by atoms with Crippen LogP contribution in [0.1, 0.15) is 32.3 Å². The van der Waals surface area contributed by atoms with E-state index in [0.29, 0.717) is 16.7 Å². The Balaban J connectivity index is 2.61. The Hall–Kier alpha value is -1.90. The first-order valence-corrected chi connectivity index (χ1v) is 7.81. The molecule has 0 aliphatic heterocycles. The highest BCUT2D eigenvalue weighted by Crippen LogP contribution is 2.31. The second-order valence-corrected chi connectivity index (χ2v) is 6.33. The molecular weight excluding hydrogens is 329 g/mol. The monoisotopic (exact) mass is 344 g/mol. The molecule has 2 rings (SSSR count). The molecule has 0 aliphatic rings. The fourth-order valence-corrected chi connectivity index (χ4v) is 2.64. The number of nitrogens with zero attached hydrogens (tertiary/aromatic N) is 4. The van der Waals surface area contributed by atoms with Crippen LogP contribution in [0, 0.1) is 5.92 Å². The predicted octanol–water partition coefficient (Wildman–Crippen LogP) is 3.49. The lowest BCUT2D eigenvalue weighted by atomic mass is 10.3. The molecule has 0 bridgehead atoms. The normalized spacial score (nSPS) is 12.7. The molecule has 124 valence electrons. The maximum absolute atomic E-state index is 13.1. The van der Waals surface area contributed by atoms with E-state index in [1.807, 2.05) is 13.8 Å². The van der Waals surface area contributed by atoms with Gasteiger partial charge in [-0.1, -0.05) is 13.8 Å². The molecule has 0 amide bonds. The second-order valence-electron chi connectivity index (χ2n) is 5.32. The van der Waals surface area contributed by atoms with Crippen molar-refractivity contribution in [1.82, 2.24) is 19.6 Å². The Morgan fingerprint density at radius 1 is 1.39 bits per heavy atom. The predicted molar refractivity (Wildman–Crippen MR) is 81.1 cm³/mol. The fourth-order valence-electron chi connectivity index (χ4n) is 1.76. The van der Waals surface area contributed by atoms with Gasteiger partial charge >= 0.3 is 6.18 Å². The third-order valence-corrected chi connectivity index (χ3v) is 4.12. The summed E-state index contributed by atoms with van der Waals surface area (Å²) in [6.07, 6.45) is -0.914. The lowest BCUT2D eigenvalue weighted by molar-refractivity contribution is -0.145. The Kier molecular flexibility index (Phi) is 5.08. The molecular formula is C14H15F3N4OS. The van der Waals surface area contributed by atoms with Crippen LogP contribution in [-0.4, -0.2) is 31.1 Å². The van der Waals surface area contributed by atoms with Crippen molar-refractivity contribution < 1.29 is 18.0 Å². The number of carbonyl (C=O) groups excluding carboxylic acids is 1. The van der Waals surface area contributed by atoms with Crippen LogP contribution in [0.3, 0.4) is 0 Å². The molecule has 0 spiro atoms. The molecule has 0 N–H and O–H groups in total. The summed E-state index contributed by atoms with van der Waals surface area (Å²) < 4.78 is 40.3. The zero-order chi connectivity index (χ0) is 17.2. The minimum absolute atomic E-state index is 0.0358. The van der Waals surface area contributed by atoms with Gasteiger partial charge in [-0.3, -0.25) is 9.20 Å². The van der Waals surface area contributed by atoms with Gasteiger partial charge in [-0.05, 0) is 25.0 Å². The molecule has 0 atom stereocenters. The molecule has 2 heterocycles. The average molecular weight is 344 g/mol. The van der Waals surface area contributed by atoms with Crippen molar-refractivity contribution in [3.8, 4) is 0 Å². The minimum atomic E-state index is -4.65. The highest BCUT2D eigenvalue weighted by atomic mass is 32.2. The molecule has 0 saturated heterocycles. The number of carbonyl (C=O) groups is 1. The molecule has 2 aromatic heterocycles. The van der Waals surface area contributed by atoms with E-state index in [1.165, 1.54) is 37.0 Å². The topological polar surface area (TPSA) is 60.2 Å². The van der Waals surface area contributed by atoms with Gasteiger partial charge in [-0.25, -0.2) is 4.98 Å². The first-order valence-electron chi connectivity index (χ1n) is 6.83. The zero-order valence-electron chi connectivity index (χ0n) is 12.8. The van der Waals surface area contributed by atoms with Crippen molar-refractivity contribution in [3.63, 3.8) is 0 Å². The lowest BCUT2D eigenvalue weighted by Crippen LogP contribution is -2.12. The lowest BCUT2D eigenvalue weighted by Gasteiger charge is -2.09. The molecule has 0 aromatic carbocycles. The number of aromatic nitrogens is 4. The first kappa shape index (κ1) is 17.5. The summed E-state index contributed by atoms with van der Waals surface area (Å²) in [4.78, 5) is 15.2. The molecule has 0 unspecified atom stereocenters. The van der Waals surface area contributed by atoms with Gasteiger partial charge in [0.25, 0.3) is 0 Å². The highest BCUT2D eigenvalue weighted by molar-refractivity contribution is 7.99. The van der Waals surface area contributed by atoms with Crippen molar-refractivity contribution >= 4 is 29.3 Å². The Labute approximate surface area is 135 Å². The van der Waals surface area contributed by atoms with Crippen LogP contribution in [0.5, 0.6) is 0 Å². The summed E-state index contributed by atoms with van der Waals surface area (Å²) in [5, 5.41) is 7.28. The highest BCUT2D eigenvalue weighted by Gasteiger charge is 2.38. The number of hydrogen-bond acceptors (Lipinski definition) is 5. The van der Waals surface area contributed by atoms with E-state index in [9.17, 15) is 18.0 Å². The molecule has 0 aliphatic carbocycles. The summed E-state index contributed by atoms with van der Waals surface area (Å²) in [5.41, 5.74) is 0.134. The van der Waals surface area contributed by atoms with E-state index in [2.05, 4.69) is 15.2 Å². The molecule has 2 aromatic rings. The summed E-state index contributed by atoms with van der Waals surface area (Å²) >= 11 is 1.32. The van der Waals surface area contributed by atoms with E-state index < -0.39 is 12.0 Å². The van der Waals surface area contributed by atoms with E-state index in [1.54, 1.807) is 0 Å². The van der Waals surface area contributed by atoms with Crippen molar-refractivity contribution in [2.24, 2.45) is 5.92 Å². The van der Waals surface area contributed by atoms with Crippen LogP contribution in [-0.2, 0) is 11.0 Å². The summed E-state index contributed by atoms with van der Waals surface area (Å²) in [6.45, 7) is 5.31. The number of allylic oxidation sites excluding steroid dienone is 1. The number of halogens is 3. The van der Waals surface area contributed by atoms with Crippen molar-refractivity contribution in [1.29, 1.82) is 0 Å². The number of rotatable bonds is 5. The fraction of sp³-hybridized carbons (Fsp3) is 0.429. The van der Waals surface area contributed by atoms with Crippen molar-refractivity contribution in [3.05, 3.63) is 23.8 Å². The van der Waals surface area contributed by atoms with Gasteiger partial charge in [0.15, 0.2) is 11.4 Å². The maximum Gasteiger partial charge on any atom is 0.452 e.